The molecular formula is C13H8ClF3N2OS. The normalized spacial score (nSPS) is 11.2. The Morgan fingerprint density at radius 3 is 2.62 bits per heavy atom. The number of pyridine rings is 1. The van der Waals surface area contributed by atoms with Crippen LogP contribution in [0.3, 0.4) is 0 Å². The predicted molar refractivity (Wildman–Crippen MR) is 75.6 cm³/mol. The van der Waals surface area contributed by atoms with E-state index in [9.17, 15) is 18.0 Å². The van der Waals surface area contributed by atoms with E-state index in [1.165, 1.54) is 42.7 Å². The maximum absolute atomic E-state index is 12.5. The highest BCUT2D eigenvalue weighted by Gasteiger charge is 2.30. The number of thioether (sulfide) groups is 1. The van der Waals surface area contributed by atoms with Gasteiger partial charge in [-0.2, -0.15) is 13.2 Å². The van der Waals surface area contributed by atoms with Crippen LogP contribution in [0, 0.1) is 0 Å². The van der Waals surface area contributed by atoms with Gasteiger partial charge in [-0.25, -0.2) is 0 Å². The van der Waals surface area contributed by atoms with E-state index >= 15 is 0 Å². The fraction of sp³-hybridized carbons (Fsp3) is 0.0769. The smallest absolute Gasteiger partial charge is 0.321 e. The Balaban J connectivity index is 2.24. The highest BCUT2D eigenvalue weighted by Crippen LogP contribution is 2.40. The molecule has 1 aromatic heterocycles. The van der Waals surface area contributed by atoms with E-state index in [0.717, 1.165) is 0 Å². The van der Waals surface area contributed by atoms with Gasteiger partial charge in [-0.05, 0) is 30.0 Å². The lowest BCUT2D eigenvalue weighted by molar-refractivity contribution is -0.0328. The van der Waals surface area contributed by atoms with Gasteiger partial charge >= 0.3 is 5.51 Å². The van der Waals surface area contributed by atoms with Gasteiger partial charge in [0.25, 0.3) is 5.91 Å². The van der Waals surface area contributed by atoms with Gasteiger partial charge in [0, 0.05) is 17.3 Å². The lowest BCUT2D eigenvalue weighted by atomic mass is 10.2. The van der Waals surface area contributed by atoms with Gasteiger partial charge in [0.05, 0.1) is 16.3 Å². The molecule has 0 saturated carbocycles. The highest BCUT2D eigenvalue weighted by atomic mass is 35.5. The zero-order chi connectivity index (χ0) is 15.5. The molecule has 2 rings (SSSR count). The molecule has 110 valence electrons. The molecule has 1 aromatic carbocycles. The van der Waals surface area contributed by atoms with Crippen molar-refractivity contribution < 1.29 is 18.0 Å². The third-order valence-electron chi connectivity index (χ3n) is 2.37. The molecule has 0 aliphatic heterocycles. The van der Waals surface area contributed by atoms with E-state index < -0.39 is 11.4 Å². The minimum Gasteiger partial charge on any atom is -0.321 e. The van der Waals surface area contributed by atoms with Crippen LogP contribution in [0.1, 0.15) is 10.4 Å². The van der Waals surface area contributed by atoms with Crippen molar-refractivity contribution in [3.63, 3.8) is 0 Å². The Morgan fingerprint density at radius 2 is 1.95 bits per heavy atom. The summed E-state index contributed by atoms with van der Waals surface area (Å²) in [5, 5.41) is 2.58. The van der Waals surface area contributed by atoms with Gasteiger partial charge in [-0.3, -0.25) is 9.78 Å². The molecule has 3 nitrogen and oxygen atoms in total. The van der Waals surface area contributed by atoms with Crippen LogP contribution in [-0.2, 0) is 0 Å². The van der Waals surface area contributed by atoms with Crippen molar-refractivity contribution in [1.82, 2.24) is 4.98 Å². The van der Waals surface area contributed by atoms with Crippen molar-refractivity contribution in [2.75, 3.05) is 5.32 Å². The summed E-state index contributed by atoms with van der Waals surface area (Å²) in [4.78, 5) is 15.7. The summed E-state index contributed by atoms with van der Waals surface area (Å²) in [7, 11) is 0. The molecule has 1 amide bonds. The number of hydrogen-bond acceptors (Lipinski definition) is 3. The minimum absolute atomic E-state index is 0.0599. The number of aromatic nitrogens is 1. The summed E-state index contributed by atoms with van der Waals surface area (Å²) in [6, 6.07) is 7.07. The molecular weight excluding hydrogens is 325 g/mol. The number of alkyl halides is 3. The molecule has 0 atom stereocenters. The standard InChI is InChI=1S/C13H8ClF3N2OS/c14-9-5-6-18-7-8(9)12(20)19-10-3-1-2-4-11(10)21-13(15,16)17/h1-7H,(H,19,20). The second kappa shape index (κ2) is 6.36. The van der Waals surface area contributed by atoms with E-state index in [-0.39, 0.29) is 32.9 Å². The van der Waals surface area contributed by atoms with Crippen LogP contribution in [0.5, 0.6) is 0 Å². The van der Waals surface area contributed by atoms with Crippen LogP contribution in [-0.4, -0.2) is 16.4 Å². The van der Waals surface area contributed by atoms with Gasteiger partial charge in [0.1, 0.15) is 0 Å². The van der Waals surface area contributed by atoms with Crippen molar-refractivity contribution in [3.05, 3.63) is 53.3 Å². The van der Waals surface area contributed by atoms with E-state index in [0.29, 0.717) is 0 Å². The van der Waals surface area contributed by atoms with Crippen molar-refractivity contribution in [3.8, 4) is 0 Å². The summed E-state index contributed by atoms with van der Waals surface area (Å²) in [5.74, 6) is -0.622. The fourth-order valence-corrected chi connectivity index (χ4v) is 2.33. The number of rotatable bonds is 3. The number of halogens is 4. The molecule has 2 aromatic rings. The largest absolute Gasteiger partial charge is 0.446 e. The first-order valence-corrected chi connectivity index (χ1v) is 6.82. The first-order valence-electron chi connectivity index (χ1n) is 5.62. The monoisotopic (exact) mass is 332 g/mol. The lowest BCUT2D eigenvalue weighted by Crippen LogP contribution is -2.14. The quantitative estimate of drug-likeness (QED) is 0.835. The SMILES string of the molecule is O=C(Nc1ccccc1SC(F)(F)F)c1cnccc1Cl. The number of nitrogens with one attached hydrogen (secondary N) is 1. The van der Waals surface area contributed by atoms with Crippen LogP contribution in [0.2, 0.25) is 5.02 Å². The van der Waals surface area contributed by atoms with Crippen LogP contribution < -0.4 is 5.32 Å². The number of hydrogen-bond donors (Lipinski definition) is 1. The number of benzene rings is 1. The van der Waals surface area contributed by atoms with Crippen molar-refractivity contribution >= 4 is 35.0 Å². The number of carbonyl (C=O) groups is 1. The maximum atomic E-state index is 12.5. The molecule has 0 unspecified atom stereocenters. The fourth-order valence-electron chi connectivity index (χ4n) is 1.52. The summed E-state index contributed by atoms with van der Waals surface area (Å²) in [6.45, 7) is 0. The van der Waals surface area contributed by atoms with E-state index in [1.807, 2.05) is 0 Å². The molecule has 8 heteroatoms. The second-order valence-electron chi connectivity index (χ2n) is 3.85. The second-order valence-corrected chi connectivity index (χ2v) is 5.37. The lowest BCUT2D eigenvalue weighted by Gasteiger charge is -2.12. The number of amides is 1. The predicted octanol–water partition coefficient (Wildman–Crippen LogP) is 4.60. The molecule has 0 fully saturated rings. The average Bonchev–Trinajstić information content (AvgIpc) is 2.40. The molecule has 1 heterocycles. The Kier molecular flexibility index (Phi) is 4.74. The first-order chi connectivity index (χ1) is 9.87. The Bertz CT molecular complexity index is 664. The molecule has 0 spiro atoms. The van der Waals surface area contributed by atoms with Gasteiger partial charge in [-0.1, -0.05) is 23.7 Å². The average molecular weight is 333 g/mol. The third kappa shape index (κ3) is 4.37. The van der Waals surface area contributed by atoms with E-state index in [2.05, 4.69) is 10.3 Å². The van der Waals surface area contributed by atoms with Gasteiger partial charge in [-0.15, -0.1) is 0 Å². The molecule has 0 radical (unpaired) electrons. The number of para-hydroxylation sites is 1. The molecule has 1 N–H and O–H groups in total. The van der Waals surface area contributed by atoms with Crippen molar-refractivity contribution in [1.29, 1.82) is 0 Å². The van der Waals surface area contributed by atoms with Crippen LogP contribution in [0.4, 0.5) is 18.9 Å². The Morgan fingerprint density at radius 1 is 1.24 bits per heavy atom. The number of anilines is 1. The van der Waals surface area contributed by atoms with E-state index in [1.54, 1.807) is 0 Å². The van der Waals surface area contributed by atoms with Crippen LogP contribution in [0.15, 0.2) is 47.6 Å². The van der Waals surface area contributed by atoms with E-state index in [4.69, 9.17) is 11.6 Å². The Labute approximate surface area is 127 Å². The van der Waals surface area contributed by atoms with Gasteiger partial charge < -0.3 is 5.32 Å². The zero-order valence-electron chi connectivity index (χ0n) is 10.3. The molecule has 0 saturated heterocycles. The highest BCUT2D eigenvalue weighted by molar-refractivity contribution is 8.00. The summed E-state index contributed by atoms with van der Waals surface area (Å²) < 4.78 is 37.4. The number of carbonyl (C=O) groups excluding carboxylic acids is 1. The maximum Gasteiger partial charge on any atom is 0.446 e. The molecule has 0 aliphatic rings. The minimum atomic E-state index is -4.44. The Hall–Kier alpha value is -1.73. The molecule has 0 aliphatic carbocycles. The van der Waals surface area contributed by atoms with Gasteiger partial charge in [0.2, 0.25) is 0 Å². The first kappa shape index (κ1) is 15.7. The zero-order valence-corrected chi connectivity index (χ0v) is 11.9. The number of nitrogens with zero attached hydrogens (tertiary/aromatic N) is 1. The van der Waals surface area contributed by atoms with Crippen molar-refractivity contribution in [2.24, 2.45) is 0 Å². The van der Waals surface area contributed by atoms with Gasteiger partial charge in [0.15, 0.2) is 0 Å². The third-order valence-corrected chi connectivity index (χ3v) is 3.51. The molecule has 0 bridgehead atoms. The summed E-state index contributed by atoms with van der Waals surface area (Å²) in [6.07, 6.45) is 2.66. The molecule has 21 heavy (non-hydrogen) atoms. The van der Waals surface area contributed by atoms with Crippen LogP contribution in [0.25, 0.3) is 0 Å². The van der Waals surface area contributed by atoms with Crippen LogP contribution >= 0.6 is 23.4 Å². The summed E-state index contributed by atoms with van der Waals surface area (Å²) in [5.41, 5.74) is -4.29. The topological polar surface area (TPSA) is 42.0 Å². The summed E-state index contributed by atoms with van der Waals surface area (Å²) >= 11 is 5.55. The van der Waals surface area contributed by atoms with Crippen molar-refractivity contribution in [2.45, 2.75) is 10.4 Å².